The quantitative estimate of drug-likeness (QED) is 0.313. The Morgan fingerprint density at radius 1 is 1.16 bits per heavy atom. The molecule has 1 heterocycles. The van der Waals surface area contributed by atoms with Crippen molar-refractivity contribution in [2.45, 2.75) is 66.2 Å². The van der Waals surface area contributed by atoms with Gasteiger partial charge in [0.15, 0.2) is 0 Å². The first-order chi connectivity index (χ1) is 15.2. The first-order valence-electron chi connectivity index (χ1n) is 11.5. The van der Waals surface area contributed by atoms with Gasteiger partial charge in [-0.2, -0.15) is 0 Å². The van der Waals surface area contributed by atoms with Gasteiger partial charge in [-0.25, -0.2) is 4.79 Å². The van der Waals surface area contributed by atoms with E-state index >= 15 is 0 Å². The lowest BCUT2D eigenvalue weighted by Gasteiger charge is -2.55. The zero-order chi connectivity index (χ0) is 22.9. The fourth-order valence-electron chi connectivity index (χ4n) is 5.95. The molecular weight excluding hydrogens is 466 g/mol. The monoisotopic (exact) mass is 497 g/mol. The number of fused-ring (bicyclic) bond motifs is 1. The number of rotatable bonds is 5. The molecule has 0 saturated heterocycles. The van der Waals surface area contributed by atoms with Crippen LogP contribution in [-0.2, 0) is 11.3 Å². The largest absolute Gasteiger partial charge is 0.472 e. The summed E-state index contributed by atoms with van der Waals surface area (Å²) in [5.41, 5.74) is 5.63. The van der Waals surface area contributed by atoms with Crippen molar-refractivity contribution in [1.82, 2.24) is 0 Å². The van der Waals surface area contributed by atoms with E-state index in [-0.39, 0.29) is 10.8 Å². The maximum atomic E-state index is 12.6. The number of halogens is 1. The highest BCUT2D eigenvalue weighted by Gasteiger charge is 2.51. The Hall–Kier alpha value is -2.14. The van der Waals surface area contributed by atoms with Crippen LogP contribution in [0.25, 0.3) is 0 Å². The second-order valence-corrected chi connectivity index (χ2v) is 11.1. The van der Waals surface area contributed by atoms with E-state index in [0.717, 1.165) is 29.4 Å². The molecule has 170 valence electrons. The van der Waals surface area contributed by atoms with Crippen LogP contribution in [0.5, 0.6) is 0 Å². The van der Waals surface area contributed by atoms with Gasteiger partial charge in [-0.3, -0.25) is 0 Å². The normalized spacial score (nSPS) is 26.2. The first-order valence-corrected chi connectivity index (χ1v) is 12.3. The number of allylic oxidation sites excluding steroid dienone is 2. The van der Waals surface area contributed by atoms with Crippen molar-refractivity contribution in [3.63, 3.8) is 0 Å². The second kappa shape index (κ2) is 9.01. The number of aryl methyl sites for hydroxylation is 1. The van der Waals surface area contributed by atoms with Crippen molar-refractivity contribution >= 4 is 27.6 Å². The Morgan fingerprint density at radius 2 is 1.91 bits per heavy atom. The summed E-state index contributed by atoms with van der Waals surface area (Å²) in [5.74, 6) is 0.0471. The molecule has 2 atom stereocenters. The highest BCUT2D eigenvalue weighted by atomic mass is 79.9. The van der Waals surface area contributed by atoms with Crippen LogP contribution in [0.4, 0.5) is 0 Å². The summed E-state index contributed by atoms with van der Waals surface area (Å²) < 4.78 is 6.20. The van der Waals surface area contributed by atoms with E-state index < -0.39 is 5.97 Å². The van der Waals surface area contributed by atoms with Crippen molar-refractivity contribution in [2.75, 3.05) is 0 Å². The number of carbonyl (C=O) groups is 1. The molecule has 1 aromatic heterocycles. The molecule has 1 aromatic carbocycles. The summed E-state index contributed by atoms with van der Waals surface area (Å²) in [4.78, 5) is 18.0. The first kappa shape index (κ1) is 23.0. The third-order valence-corrected chi connectivity index (χ3v) is 8.29. The van der Waals surface area contributed by atoms with Crippen molar-refractivity contribution in [3.8, 4) is 0 Å². The smallest absolute Gasteiger partial charge is 0.365 e. The van der Waals surface area contributed by atoms with Crippen LogP contribution in [-0.4, -0.2) is 11.7 Å². The number of nitrogens with zero attached hydrogens (tertiary/aromatic N) is 1. The highest BCUT2D eigenvalue weighted by molar-refractivity contribution is 9.10. The number of oxime groups is 1. The predicted octanol–water partition coefficient (Wildman–Crippen LogP) is 7.74. The summed E-state index contributed by atoms with van der Waals surface area (Å²) in [5, 5.41) is 4.42. The van der Waals surface area contributed by atoms with Crippen molar-refractivity contribution < 1.29 is 14.0 Å². The van der Waals surface area contributed by atoms with Gasteiger partial charge in [0.2, 0.25) is 0 Å². The van der Waals surface area contributed by atoms with Crippen molar-refractivity contribution in [3.05, 3.63) is 69.6 Å². The molecule has 4 nitrogen and oxygen atoms in total. The topological polar surface area (TPSA) is 51.8 Å². The maximum absolute atomic E-state index is 12.6. The molecule has 2 aromatic rings. The molecule has 2 aliphatic rings. The Labute approximate surface area is 199 Å². The van der Waals surface area contributed by atoms with E-state index in [9.17, 15) is 4.79 Å². The molecule has 2 aliphatic carbocycles. The SMILES string of the molecule is CC1=C(CCc2ccoc2)[C@@]2(C)CCCC(C)(C)[C@@H]2C/C1=N/OC(=O)c1ccc(Br)cc1. The third-order valence-electron chi connectivity index (χ3n) is 7.76. The van der Waals surface area contributed by atoms with Gasteiger partial charge in [-0.1, -0.05) is 53.9 Å². The Morgan fingerprint density at radius 3 is 2.59 bits per heavy atom. The van der Waals surface area contributed by atoms with Crippen LogP contribution in [0.15, 0.2) is 68.0 Å². The van der Waals surface area contributed by atoms with Crippen LogP contribution >= 0.6 is 15.9 Å². The Kier molecular flexibility index (Phi) is 6.49. The minimum atomic E-state index is -0.422. The molecule has 4 rings (SSSR count). The molecule has 0 N–H and O–H groups in total. The maximum Gasteiger partial charge on any atom is 0.365 e. The van der Waals surface area contributed by atoms with Crippen molar-refractivity contribution in [2.24, 2.45) is 21.9 Å². The molecule has 0 bridgehead atoms. The average Bonchev–Trinajstić information content (AvgIpc) is 3.26. The lowest BCUT2D eigenvalue weighted by atomic mass is 9.49. The number of furan rings is 1. The zero-order valence-corrected chi connectivity index (χ0v) is 21.0. The van der Waals surface area contributed by atoms with Gasteiger partial charge in [0.05, 0.1) is 23.8 Å². The highest BCUT2D eigenvalue weighted by Crippen LogP contribution is 2.59. The van der Waals surface area contributed by atoms with E-state index in [1.165, 1.54) is 36.0 Å². The molecule has 0 spiro atoms. The number of hydrogen-bond donors (Lipinski definition) is 0. The molecule has 5 heteroatoms. The fourth-order valence-corrected chi connectivity index (χ4v) is 6.22. The summed E-state index contributed by atoms with van der Waals surface area (Å²) in [6, 6.07) is 9.19. The molecule has 0 radical (unpaired) electrons. The minimum absolute atomic E-state index is 0.143. The van der Waals surface area contributed by atoms with Gasteiger partial charge in [-0.05, 0) is 97.2 Å². The summed E-state index contributed by atoms with van der Waals surface area (Å²) in [6.45, 7) is 9.36. The average molecular weight is 498 g/mol. The van der Waals surface area contributed by atoms with Crippen LogP contribution < -0.4 is 0 Å². The van der Waals surface area contributed by atoms with Gasteiger partial charge in [0, 0.05) is 4.47 Å². The third kappa shape index (κ3) is 4.50. The van der Waals surface area contributed by atoms with E-state index in [1.807, 2.05) is 24.5 Å². The Balaban J connectivity index is 1.65. The van der Waals surface area contributed by atoms with Gasteiger partial charge < -0.3 is 9.25 Å². The van der Waals surface area contributed by atoms with Crippen LogP contribution in [0.3, 0.4) is 0 Å². The minimum Gasteiger partial charge on any atom is -0.472 e. The molecule has 0 aliphatic heterocycles. The number of benzene rings is 1. The van der Waals surface area contributed by atoms with E-state index in [0.29, 0.717) is 11.5 Å². The fraction of sp³-hybridized carbons (Fsp3) is 0.481. The van der Waals surface area contributed by atoms with Gasteiger partial charge >= 0.3 is 5.97 Å². The van der Waals surface area contributed by atoms with Crippen molar-refractivity contribution in [1.29, 1.82) is 0 Å². The number of carbonyl (C=O) groups excluding carboxylic acids is 1. The van der Waals surface area contributed by atoms with E-state index in [1.54, 1.807) is 18.4 Å². The molecule has 32 heavy (non-hydrogen) atoms. The summed E-state index contributed by atoms with van der Waals surface area (Å²) in [7, 11) is 0. The predicted molar refractivity (Wildman–Crippen MR) is 131 cm³/mol. The van der Waals surface area contributed by atoms with Gasteiger partial charge in [0.1, 0.15) is 0 Å². The van der Waals surface area contributed by atoms with Crippen LogP contribution in [0.1, 0.15) is 75.7 Å². The Bertz CT molecular complexity index is 1030. The summed E-state index contributed by atoms with van der Waals surface area (Å²) >= 11 is 3.40. The molecule has 1 fully saturated rings. The van der Waals surface area contributed by atoms with Crippen LogP contribution in [0, 0.1) is 16.7 Å². The molecule has 0 amide bonds. The van der Waals surface area contributed by atoms with E-state index in [4.69, 9.17) is 9.25 Å². The zero-order valence-electron chi connectivity index (χ0n) is 19.4. The van der Waals surface area contributed by atoms with Gasteiger partial charge in [-0.15, -0.1) is 0 Å². The lowest BCUT2D eigenvalue weighted by Crippen LogP contribution is -2.47. The van der Waals surface area contributed by atoms with Gasteiger partial charge in [0.25, 0.3) is 0 Å². The number of hydrogen-bond acceptors (Lipinski definition) is 4. The second-order valence-electron chi connectivity index (χ2n) is 10.2. The molecule has 0 unspecified atom stereocenters. The molecular formula is C27H32BrNO3. The van der Waals surface area contributed by atoms with E-state index in [2.05, 4.69) is 48.8 Å². The standard InChI is InChI=1S/C27H32BrNO3/c1-18-22(11-6-19-12-15-31-17-19)27(4)14-5-13-26(2,3)24(27)16-23(18)29-32-25(30)20-7-9-21(28)10-8-20/h7-10,12,15,17,24H,5-6,11,13-14,16H2,1-4H3/b29-23-/t24-,27+/m0/s1. The lowest BCUT2D eigenvalue weighted by molar-refractivity contribution is 0.0249. The molecule has 1 saturated carbocycles. The summed E-state index contributed by atoms with van der Waals surface area (Å²) in [6.07, 6.45) is 9.98. The van der Waals surface area contributed by atoms with Crippen LogP contribution in [0.2, 0.25) is 0 Å².